The molecule has 0 aliphatic carbocycles. The number of amides is 1. The van der Waals surface area contributed by atoms with Gasteiger partial charge in [-0.15, -0.1) is 11.3 Å². The number of aryl methyl sites for hydroxylation is 1. The second-order valence-corrected chi connectivity index (χ2v) is 6.07. The number of hydrogen-bond acceptors (Lipinski definition) is 4. The van der Waals surface area contributed by atoms with E-state index in [1.165, 1.54) is 16.8 Å². The minimum atomic E-state index is 0.212. The minimum absolute atomic E-state index is 0.212. The molecule has 3 rings (SSSR count). The number of rotatable bonds is 4. The second kappa shape index (κ2) is 5.75. The van der Waals surface area contributed by atoms with E-state index >= 15 is 0 Å². The van der Waals surface area contributed by atoms with Crippen molar-refractivity contribution in [3.8, 4) is 0 Å². The first-order valence-electron chi connectivity index (χ1n) is 6.94. The van der Waals surface area contributed by atoms with Crippen molar-refractivity contribution < 1.29 is 4.79 Å². The molecule has 20 heavy (non-hydrogen) atoms. The van der Waals surface area contributed by atoms with Crippen LogP contribution in [0.25, 0.3) is 0 Å². The second-order valence-electron chi connectivity index (χ2n) is 5.07. The molecule has 1 aliphatic heterocycles. The standard InChI is InChI=1S/C14H18N4OS/c1-11-12-5-8-20-13(12)4-7-18(11)14(19)3-2-6-17-10-15-9-16-17/h5,8-11H,2-4,6-7H2,1H3/t11-/m0/s1. The van der Waals surface area contributed by atoms with Gasteiger partial charge in [-0.1, -0.05) is 0 Å². The van der Waals surface area contributed by atoms with Crippen molar-refractivity contribution in [2.24, 2.45) is 0 Å². The summed E-state index contributed by atoms with van der Waals surface area (Å²) in [6.07, 6.45) is 5.58. The Balaban J connectivity index is 1.55. The zero-order valence-corrected chi connectivity index (χ0v) is 12.3. The molecule has 0 N–H and O–H groups in total. The van der Waals surface area contributed by atoms with Crippen molar-refractivity contribution in [3.05, 3.63) is 34.5 Å². The number of thiophene rings is 1. The molecule has 0 aromatic carbocycles. The summed E-state index contributed by atoms with van der Waals surface area (Å²) < 4.78 is 1.77. The Morgan fingerprint density at radius 2 is 2.45 bits per heavy atom. The van der Waals surface area contributed by atoms with Crippen molar-refractivity contribution in [1.29, 1.82) is 0 Å². The van der Waals surface area contributed by atoms with Gasteiger partial charge in [0, 0.05) is 24.4 Å². The third kappa shape index (κ3) is 2.60. The van der Waals surface area contributed by atoms with Gasteiger partial charge in [0.05, 0.1) is 6.04 Å². The molecule has 0 radical (unpaired) electrons. The predicted molar refractivity (Wildman–Crippen MR) is 77.4 cm³/mol. The van der Waals surface area contributed by atoms with E-state index in [1.54, 1.807) is 22.3 Å². The molecule has 0 bridgehead atoms. The predicted octanol–water partition coefficient (Wildman–Crippen LogP) is 2.27. The Labute approximate surface area is 122 Å². The van der Waals surface area contributed by atoms with Gasteiger partial charge in [-0.05, 0) is 36.8 Å². The van der Waals surface area contributed by atoms with Crippen LogP contribution in [0, 0.1) is 0 Å². The smallest absolute Gasteiger partial charge is 0.223 e. The molecular formula is C14H18N4OS. The van der Waals surface area contributed by atoms with Crippen molar-refractivity contribution in [2.45, 2.75) is 38.8 Å². The molecule has 106 valence electrons. The van der Waals surface area contributed by atoms with E-state index in [-0.39, 0.29) is 11.9 Å². The van der Waals surface area contributed by atoms with Gasteiger partial charge in [-0.25, -0.2) is 4.98 Å². The number of aromatic nitrogens is 3. The Hall–Kier alpha value is -1.69. The summed E-state index contributed by atoms with van der Waals surface area (Å²) in [7, 11) is 0. The fraction of sp³-hybridized carbons (Fsp3) is 0.500. The van der Waals surface area contributed by atoms with Crippen LogP contribution in [-0.4, -0.2) is 32.1 Å². The summed E-state index contributed by atoms with van der Waals surface area (Å²) >= 11 is 1.80. The lowest BCUT2D eigenvalue weighted by molar-refractivity contribution is -0.133. The van der Waals surface area contributed by atoms with Gasteiger partial charge in [-0.2, -0.15) is 5.10 Å². The highest BCUT2D eigenvalue weighted by molar-refractivity contribution is 7.10. The molecule has 3 heterocycles. The Kier molecular flexibility index (Phi) is 3.82. The molecule has 1 aliphatic rings. The van der Waals surface area contributed by atoms with Crippen molar-refractivity contribution in [3.63, 3.8) is 0 Å². The van der Waals surface area contributed by atoms with Crippen LogP contribution >= 0.6 is 11.3 Å². The Morgan fingerprint density at radius 3 is 3.25 bits per heavy atom. The molecule has 1 atom stereocenters. The highest BCUT2D eigenvalue weighted by atomic mass is 32.1. The summed E-state index contributed by atoms with van der Waals surface area (Å²) in [5, 5.41) is 6.17. The van der Waals surface area contributed by atoms with E-state index < -0.39 is 0 Å². The summed E-state index contributed by atoms with van der Waals surface area (Å²) in [5.74, 6) is 0.245. The van der Waals surface area contributed by atoms with E-state index in [4.69, 9.17) is 0 Å². The van der Waals surface area contributed by atoms with Crippen LogP contribution in [0.5, 0.6) is 0 Å². The normalized spacial score (nSPS) is 18.1. The third-order valence-electron chi connectivity index (χ3n) is 3.84. The van der Waals surface area contributed by atoms with E-state index in [2.05, 4.69) is 28.5 Å². The average molecular weight is 290 g/mol. The molecule has 0 spiro atoms. The van der Waals surface area contributed by atoms with Crippen LogP contribution in [0.2, 0.25) is 0 Å². The van der Waals surface area contributed by atoms with Crippen LogP contribution in [0.15, 0.2) is 24.1 Å². The van der Waals surface area contributed by atoms with Gasteiger partial charge in [0.15, 0.2) is 0 Å². The number of carbonyl (C=O) groups is 1. The summed E-state index contributed by atoms with van der Waals surface area (Å²) in [4.78, 5) is 19.7. The minimum Gasteiger partial charge on any atom is -0.336 e. The lowest BCUT2D eigenvalue weighted by atomic mass is 10.0. The number of carbonyl (C=O) groups excluding carboxylic acids is 1. The molecule has 1 amide bonds. The lowest BCUT2D eigenvalue weighted by Crippen LogP contribution is -2.38. The molecule has 6 heteroatoms. The molecule has 0 saturated heterocycles. The van der Waals surface area contributed by atoms with Crippen LogP contribution in [0.3, 0.4) is 0 Å². The van der Waals surface area contributed by atoms with Crippen LogP contribution in [0.1, 0.15) is 36.2 Å². The van der Waals surface area contributed by atoms with Crippen LogP contribution in [-0.2, 0) is 17.8 Å². The average Bonchev–Trinajstić information content (AvgIpc) is 3.09. The third-order valence-corrected chi connectivity index (χ3v) is 4.84. The van der Waals surface area contributed by atoms with Crippen molar-refractivity contribution in [2.75, 3.05) is 6.54 Å². The molecule has 2 aromatic rings. The van der Waals surface area contributed by atoms with Gasteiger partial charge in [0.2, 0.25) is 5.91 Å². The molecule has 2 aromatic heterocycles. The maximum Gasteiger partial charge on any atom is 0.223 e. The maximum atomic E-state index is 12.4. The molecule has 0 unspecified atom stereocenters. The molecular weight excluding hydrogens is 272 g/mol. The van der Waals surface area contributed by atoms with Gasteiger partial charge in [0.25, 0.3) is 0 Å². The lowest BCUT2D eigenvalue weighted by Gasteiger charge is -2.33. The van der Waals surface area contributed by atoms with E-state index in [0.29, 0.717) is 6.42 Å². The fourth-order valence-electron chi connectivity index (χ4n) is 2.73. The molecule has 5 nitrogen and oxygen atoms in total. The number of hydrogen-bond donors (Lipinski definition) is 0. The summed E-state index contributed by atoms with van der Waals surface area (Å²) in [6, 6.07) is 2.36. The number of nitrogens with zero attached hydrogens (tertiary/aromatic N) is 4. The topological polar surface area (TPSA) is 51.0 Å². The fourth-order valence-corrected chi connectivity index (χ4v) is 3.70. The monoisotopic (exact) mass is 290 g/mol. The van der Waals surface area contributed by atoms with Crippen molar-refractivity contribution in [1.82, 2.24) is 19.7 Å². The molecule has 0 saturated carbocycles. The van der Waals surface area contributed by atoms with E-state index in [1.807, 2.05) is 4.90 Å². The Morgan fingerprint density at radius 1 is 1.55 bits per heavy atom. The maximum absolute atomic E-state index is 12.4. The number of fused-ring (bicyclic) bond motifs is 1. The SMILES string of the molecule is C[C@H]1c2ccsc2CCN1C(=O)CCCn1cncn1. The highest BCUT2D eigenvalue weighted by Crippen LogP contribution is 2.33. The first-order valence-corrected chi connectivity index (χ1v) is 7.82. The largest absolute Gasteiger partial charge is 0.336 e. The first kappa shape index (κ1) is 13.3. The zero-order valence-electron chi connectivity index (χ0n) is 11.5. The quantitative estimate of drug-likeness (QED) is 0.868. The van der Waals surface area contributed by atoms with Gasteiger partial charge in [0.1, 0.15) is 12.7 Å². The van der Waals surface area contributed by atoms with E-state index in [9.17, 15) is 4.79 Å². The van der Waals surface area contributed by atoms with Gasteiger partial charge < -0.3 is 4.90 Å². The highest BCUT2D eigenvalue weighted by Gasteiger charge is 2.27. The van der Waals surface area contributed by atoms with E-state index in [0.717, 1.165) is 25.9 Å². The van der Waals surface area contributed by atoms with Crippen molar-refractivity contribution >= 4 is 17.2 Å². The summed E-state index contributed by atoms with van der Waals surface area (Å²) in [6.45, 7) is 3.72. The van der Waals surface area contributed by atoms with Crippen LogP contribution < -0.4 is 0 Å². The molecule has 0 fully saturated rings. The zero-order chi connectivity index (χ0) is 13.9. The van der Waals surface area contributed by atoms with Gasteiger partial charge >= 0.3 is 0 Å². The Bertz CT molecular complexity index is 578. The van der Waals surface area contributed by atoms with Gasteiger partial charge in [-0.3, -0.25) is 9.48 Å². The first-order chi connectivity index (χ1) is 9.75. The van der Waals surface area contributed by atoms with Crippen LogP contribution in [0.4, 0.5) is 0 Å². The summed E-state index contributed by atoms with van der Waals surface area (Å²) in [5.41, 5.74) is 1.32.